The van der Waals surface area contributed by atoms with Crippen molar-refractivity contribution < 1.29 is 9.13 Å². The highest BCUT2D eigenvalue weighted by Crippen LogP contribution is 2.35. The summed E-state index contributed by atoms with van der Waals surface area (Å²) in [5.74, 6) is 0.570. The monoisotopic (exact) mass is 319 g/mol. The van der Waals surface area contributed by atoms with Gasteiger partial charge in [0.05, 0.1) is 6.54 Å². The second-order valence-corrected chi connectivity index (χ2v) is 5.76. The standard InChI is InChI=1S/C18H26FN3O/c1-3-11-21-17(20-4-2)22-14-18(9-12-23-13-10-18)15-5-7-16(19)8-6-15/h3,5-8H,1,4,9-14H2,2H3,(H2,20,21,22). The number of rotatable bonds is 6. The molecule has 0 radical (unpaired) electrons. The smallest absolute Gasteiger partial charge is 0.191 e. The molecular weight excluding hydrogens is 293 g/mol. The second-order valence-electron chi connectivity index (χ2n) is 5.76. The fourth-order valence-corrected chi connectivity index (χ4v) is 2.84. The minimum Gasteiger partial charge on any atom is -0.381 e. The van der Waals surface area contributed by atoms with E-state index in [1.54, 1.807) is 6.08 Å². The lowest BCUT2D eigenvalue weighted by Gasteiger charge is -2.36. The Morgan fingerprint density at radius 2 is 2.00 bits per heavy atom. The first-order valence-electron chi connectivity index (χ1n) is 8.17. The van der Waals surface area contributed by atoms with Crippen LogP contribution < -0.4 is 10.6 Å². The Bertz CT molecular complexity index is 522. The van der Waals surface area contributed by atoms with E-state index in [9.17, 15) is 4.39 Å². The molecule has 0 atom stereocenters. The van der Waals surface area contributed by atoms with E-state index in [-0.39, 0.29) is 11.2 Å². The summed E-state index contributed by atoms with van der Waals surface area (Å²) in [6, 6.07) is 6.80. The Morgan fingerprint density at radius 1 is 1.30 bits per heavy atom. The van der Waals surface area contributed by atoms with Gasteiger partial charge < -0.3 is 15.4 Å². The van der Waals surface area contributed by atoms with Crippen LogP contribution in [0, 0.1) is 5.82 Å². The molecule has 1 aliphatic rings. The van der Waals surface area contributed by atoms with Crippen molar-refractivity contribution in [1.29, 1.82) is 0 Å². The molecule has 1 fully saturated rings. The van der Waals surface area contributed by atoms with Gasteiger partial charge in [-0.15, -0.1) is 6.58 Å². The first-order chi connectivity index (χ1) is 11.2. The number of nitrogens with one attached hydrogen (secondary N) is 2. The van der Waals surface area contributed by atoms with Crippen LogP contribution in [0.2, 0.25) is 0 Å². The van der Waals surface area contributed by atoms with Crippen molar-refractivity contribution in [1.82, 2.24) is 10.6 Å². The molecule has 0 unspecified atom stereocenters. The first-order valence-corrected chi connectivity index (χ1v) is 8.17. The molecule has 126 valence electrons. The molecule has 0 saturated carbocycles. The van der Waals surface area contributed by atoms with Crippen LogP contribution in [0.3, 0.4) is 0 Å². The molecule has 0 bridgehead atoms. The Hall–Kier alpha value is -1.88. The summed E-state index contributed by atoms with van der Waals surface area (Å²) < 4.78 is 18.8. The van der Waals surface area contributed by atoms with E-state index >= 15 is 0 Å². The van der Waals surface area contributed by atoms with Crippen molar-refractivity contribution in [2.24, 2.45) is 4.99 Å². The number of guanidine groups is 1. The van der Waals surface area contributed by atoms with Crippen LogP contribution in [0.15, 0.2) is 41.9 Å². The van der Waals surface area contributed by atoms with E-state index in [2.05, 4.69) is 17.2 Å². The van der Waals surface area contributed by atoms with Crippen LogP contribution >= 0.6 is 0 Å². The third-order valence-electron chi connectivity index (χ3n) is 4.20. The molecule has 5 heteroatoms. The summed E-state index contributed by atoms with van der Waals surface area (Å²) in [5.41, 5.74) is 1.04. The van der Waals surface area contributed by atoms with Gasteiger partial charge in [0, 0.05) is 31.7 Å². The number of benzene rings is 1. The lowest BCUT2D eigenvalue weighted by atomic mass is 9.74. The van der Waals surface area contributed by atoms with Crippen LogP contribution in [-0.2, 0) is 10.2 Å². The minimum absolute atomic E-state index is 0.0948. The molecule has 23 heavy (non-hydrogen) atoms. The number of hydrogen-bond donors (Lipinski definition) is 2. The number of hydrogen-bond acceptors (Lipinski definition) is 2. The molecule has 1 aromatic carbocycles. The average molecular weight is 319 g/mol. The third-order valence-corrected chi connectivity index (χ3v) is 4.20. The van der Waals surface area contributed by atoms with Gasteiger partial charge in [-0.2, -0.15) is 0 Å². The van der Waals surface area contributed by atoms with E-state index < -0.39 is 0 Å². The molecule has 2 rings (SSSR count). The van der Waals surface area contributed by atoms with Crippen LogP contribution in [0.25, 0.3) is 0 Å². The average Bonchev–Trinajstić information content (AvgIpc) is 2.59. The fourth-order valence-electron chi connectivity index (χ4n) is 2.84. The molecule has 1 saturated heterocycles. The van der Waals surface area contributed by atoms with Crippen molar-refractivity contribution in [3.05, 3.63) is 48.3 Å². The third kappa shape index (κ3) is 4.79. The van der Waals surface area contributed by atoms with Gasteiger partial charge >= 0.3 is 0 Å². The molecule has 0 aromatic heterocycles. The maximum absolute atomic E-state index is 13.3. The van der Waals surface area contributed by atoms with Gasteiger partial charge in [-0.1, -0.05) is 18.2 Å². The number of ether oxygens (including phenoxy) is 1. The van der Waals surface area contributed by atoms with E-state index in [1.807, 2.05) is 19.1 Å². The van der Waals surface area contributed by atoms with Gasteiger partial charge in [0.15, 0.2) is 5.96 Å². The molecular formula is C18H26FN3O. The van der Waals surface area contributed by atoms with Gasteiger partial charge in [-0.05, 0) is 37.5 Å². The highest BCUT2D eigenvalue weighted by atomic mass is 19.1. The molecule has 1 aliphatic heterocycles. The van der Waals surface area contributed by atoms with Crippen LogP contribution in [-0.4, -0.2) is 38.8 Å². The lowest BCUT2D eigenvalue weighted by Crippen LogP contribution is -2.41. The highest BCUT2D eigenvalue weighted by molar-refractivity contribution is 5.79. The van der Waals surface area contributed by atoms with E-state index in [0.29, 0.717) is 26.3 Å². The Kier molecular flexibility index (Phi) is 6.59. The summed E-state index contributed by atoms with van der Waals surface area (Å²) >= 11 is 0. The molecule has 2 N–H and O–H groups in total. The molecule has 1 aromatic rings. The van der Waals surface area contributed by atoms with Gasteiger partial charge in [0.1, 0.15) is 5.82 Å². The molecule has 4 nitrogen and oxygen atoms in total. The predicted octanol–water partition coefficient (Wildman–Crippen LogP) is 2.62. The maximum atomic E-state index is 13.3. The SMILES string of the molecule is C=CCNC(=NCC1(c2ccc(F)cc2)CCOCC1)NCC. The predicted molar refractivity (Wildman–Crippen MR) is 92.3 cm³/mol. The van der Waals surface area contributed by atoms with Gasteiger partial charge in [-0.25, -0.2) is 4.39 Å². The Labute approximate surface area is 137 Å². The minimum atomic E-state index is -0.208. The first kappa shape index (κ1) is 17.5. The Balaban J connectivity index is 2.20. The molecule has 0 aliphatic carbocycles. The molecule has 0 amide bonds. The molecule has 1 heterocycles. The van der Waals surface area contributed by atoms with Crippen molar-refractivity contribution in [3.63, 3.8) is 0 Å². The summed E-state index contributed by atoms with van der Waals surface area (Å²) in [5, 5.41) is 6.45. The quantitative estimate of drug-likeness (QED) is 0.481. The summed E-state index contributed by atoms with van der Waals surface area (Å²) in [6.07, 6.45) is 3.59. The summed E-state index contributed by atoms with van der Waals surface area (Å²) in [4.78, 5) is 4.74. The van der Waals surface area contributed by atoms with E-state index in [1.165, 1.54) is 12.1 Å². The van der Waals surface area contributed by atoms with Gasteiger partial charge in [0.2, 0.25) is 0 Å². The van der Waals surface area contributed by atoms with Crippen molar-refractivity contribution in [2.75, 3.05) is 32.8 Å². The van der Waals surface area contributed by atoms with Crippen molar-refractivity contribution in [2.45, 2.75) is 25.2 Å². The highest BCUT2D eigenvalue weighted by Gasteiger charge is 2.34. The second kappa shape index (κ2) is 8.67. The van der Waals surface area contributed by atoms with Crippen LogP contribution in [0.5, 0.6) is 0 Å². The zero-order chi connectivity index (χ0) is 16.5. The van der Waals surface area contributed by atoms with E-state index in [0.717, 1.165) is 30.9 Å². The van der Waals surface area contributed by atoms with Gasteiger partial charge in [0.25, 0.3) is 0 Å². The number of aliphatic imine (C=N–C) groups is 1. The number of nitrogens with zero attached hydrogens (tertiary/aromatic N) is 1. The van der Waals surface area contributed by atoms with Crippen LogP contribution in [0.1, 0.15) is 25.3 Å². The topological polar surface area (TPSA) is 45.7 Å². The molecule has 0 spiro atoms. The zero-order valence-electron chi connectivity index (χ0n) is 13.8. The largest absolute Gasteiger partial charge is 0.381 e. The van der Waals surface area contributed by atoms with Crippen molar-refractivity contribution in [3.8, 4) is 0 Å². The lowest BCUT2D eigenvalue weighted by molar-refractivity contribution is 0.0531. The van der Waals surface area contributed by atoms with E-state index in [4.69, 9.17) is 9.73 Å². The summed E-state index contributed by atoms with van der Waals surface area (Å²) in [6.45, 7) is 9.29. The van der Waals surface area contributed by atoms with Crippen LogP contribution in [0.4, 0.5) is 4.39 Å². The van der Waals surface area contributed by atoms with Crippen molar-refractivity contribution >= 4 is 5.96 Å². The normalized spacial score (nSPS) is 17.6. The zero-order valence-corrected chi connectivity index (χ0v) is 13.8. The summed E-state index contributed by atoms with van der Waals surface area (Å²) in [7, 11) is 0. The fraction of sp³-hybridized carbons (Fsp3) is 0.500. The number of halogens is 1. The Morgan fingerprint density at radius 3 is 2.61 bits per heavy atom. The van der Waals surface area contributed by atoms with Gasteiger partial charge in [-0.3, -0.25) is 4.99 Å². The maximum Gasteiger partial charge on any atom is 0.191 e.